The van der Waals surface area contributed by atoms with Crippen LogP contribution in [0.15, 0.2) is 42.5 Å². The molecule has 0 unspecified atom stereocenters. The van der Waals surface area contributed by atoms with Gasteiger partial charge in [-0.15, -0.1) is 0 Å². The van der Waals surface area contributed by atoms with Gasteiger partial charge in [0.1, 0.15) is 12.4 Å². The largest absolute Gasteiger partial charge is 0.497 e. The highest BCUT2D eigenvalue weighted by Gasteiger charge is 2.28. The van der Waals surface area contributed by atoms with Crippen molar-refractivity contribution in [1.82, 2.24) is 4.90 Å². The fraction of sp³-hybridized carbons (Fsp3) is 0.211. The van der Waals surface area contributed by atoms with Gasteiger partial charge in [-0.1, -0.05) is 18.2 Å². The molecule has 2 aromatic carbocycles. The topological polar surface area (TPSA) is 82.1 Å². The van der Waals surface area contributed by atoms with E-state index in [0.717, 1.165) is 27.0 Å². The van der Waals surface area contributed by atoms with E-state index in [0.29, 0.717) is 0 Å². The van der Waals surface area contributed by atoms with Crippen molar-refractivity contribution in [1.29, 1.82) is 0 Å². The van der Waals surface area contributed by atoms with Crippen LogP contribution in [0.3, 0.4) is 0 Å². The third-order valence-corrected chi connectivity index (χ3v) is 3.88. The number of imide groups is 1. The molecule has 0 N–H and O–H groups in total. The molecular formula is C19H17NO6. The number of ether oxygens (including phenoxy) is 3. The molecule has 0 radical (unpaired) electrons. The van der Waals surface area contributed by atoms with E-state index in [9.17, 15) is 14.4 Å². The first-order valence-corrected chi connectivity index (χ1v) is 7.96. The van der Waals surface area contributed by atoms with Crippen LogP contribution in [-0.2, 0) is 19.1 Å². The van der Waals surface area contributed by atoms with Gasteiger partial charge in [-0.25, -0.2) is 14.5 Å². The van der Waals surface area contributed by atoms with Crippen LogP contribution in [0.4, 0.5) is 4.79 Å². The zero-order valence-corrected chi connectivity index (χ0v) is 14.1. The quantitative estimate of drug-likeness (QED) is 0.605. The van der Waals surface area contributed by atoms with Gasteiger partial charge in [0.15, 0.2) is 6.61 Å². The van der Waals surface area contributed by atoms with Gasteiger partial charge >= 0.3 is 12.1 Å². The smallest absolute Gasteiger partial charge is 0.416 e. The lowest BCUT2D eigenvalue weighted by Crippen LogP contribution is -2.35. The van der Waals surface area contributed by atoms with Crippen molar-refractivity contribution >= 4 is 34.8 Å². The van der Waals surface area contributed by atoms with Crippen LogP contribution in [0.25, 0.3) is 16.8 Å². The summed E-state index contributed by atoms with van der Waals surface area (Å²) in [6, 6.07) is 11.4. The SMILES string of the molecule is COc1ccc2cc(/C=C/C(=O)OCC(=O)N3CCOC3=O)ccc2c1. The van der Waals surface area contributed by atoms with Crippen LogP contribution in [0, 0.1) is 0 Å². The van der Waals surface area contributed by atoms with E-state index >= 15 is 0 Å². The predicted molar refractivity (Wildman–Crippen MR) is 93.6 cm³/mol. The molecule has 2 amide bonds. The Hall–Kier alpha value is -3.35. The van der Waals surface area contributed by atoms with Crippen LogP contribution < -0.4 is 4.74 Å². The summed E-state index contributed by atoms with van der Waals surface area (Å²) in [5.41, 5.74) is 0.814. The summed E-state index contributed by atoms with van der Waals surface area (Å²) < 4.78 is 14.7. The average Bonchev–Trinajstić information content (AvgIpc) is 3.09. The van der Waals surface area contributed by atoms with Crippen LogP contribution in [-0.4, -0.2) is 49.7 Å². The highest BCUT2D eigenvalue weighted by atomic mass is 16.6. The molecular weight excluding hydrogens is 338 g/mol. The molecule has 3 rings (SSSR count). The number of amides is 2. The predicted octanol–water partition coefficient (Wildman–Crippen LogP) is 2.38. The Labute approximate surface area is 149 Å². The molecule has 7 heteroatoms. The van der Waals surface area contributed by atoms with E-state index in [1.54, 1.807) is 13.2 Å². The Morgan fingerprint density at radius 1 is 1.19 bits per heavy atom. The highest BCUT2D eigenvalue weighted by Crippen LogP contribution is 2.22. The van der Waals surface area contributed by atoms with Crippen LogP contribution in [0.5, 0.6) is 5.75 Å². The Bertz CT molecular complexity index is 889. The number of methoxy groups -OCH3 is 1. The molecule has 1 heterocycles. The standard InChI is InChI=1S/C19H17NO6/c1-24-16-6-5-14-10-13(2-4-15(14)11-16)3-7-18(22)26-12-17(21)20-8-9-25-19(20)23/h2-7,10-11H,8-9,12H2,1H3/b7-3+. The van der Waals surface area contributed by atoms with E-state index in [1.807, 2.05) is 36.4 Å². The van der Waals surface area contributed by atoms with Gasteiger partial charge in [0.2, 0.25) is 0 Å². The normalized spacial score (nSPS) is 13.9. The monoisotopic (exact) mass is 355 g/mol. The fourth-order valence-electron chi connectivity index (χ4n) is 2.52. The van der Waals surface area contributed by atoms with Crippen LogP contribution in [0.1, 0.15) is 5.56 Å². The van der Waals surface area contributed by atoms with Gasteiger partial charge in [-0.05, 0) is 40.6 Å². The summed E-state index contributed by atoms with van der Waals surface area (Å²) in [5, 5.41) is 2.02. The summed E-state index contributed by atoms with van der Waals surface area (Å²) in [6.45, 7) is -0.172. The van der Waals surface area contributed by atoms with Gasteiger partial charge in [-0.3, -0.25) is 4.79 Å². The van der Waals surface area contributed by atoms with E-state index in [1.165, 1.54) is 6.08 Å². The lowest BCUT2D eigenvalue weighted by molar-refractivity contribution is -0.146. The summed E-state index contributed by atoms with van der Waals surface area (Å²) in [5.74, 6) is -0.495. The molecule has 0 aromatic heterocycles. The van der Waals surface area contributed by atoms with Crippen molar-refractivity contribution in [3.8, 4) is 5.75 Å². The molecule has 1 saturated heterocycles. The second kappa shape index (κ2) is 7.69. The first-order chi connectivity index (χ1) is 12.6. The number of carbonyl (C=O) groups is 3. The van der Waals surface area contributed by atoms with Crippen LogP contribution >= 0.6 is 0 Å². The second-order valence-electron chi connectivity index (χ2n) is 5.57. The zero-order chi connectivity index (χ0) is 18.5. The summed E-state index contributed by atoms with van der Waals surface area (Å²) in [6.07, 6.45) is 2.12. The van der Waals surface area contributed by atoms with Crippen molar-refractivity contribution in [2.75, 3.05) is 26.9 Å². The third kappa shape index (κ3) is 4.00. The maximum atomic E-state index is 11.8. The minimum absolute atomic E-state index is 0.159. The Kier molecular flexibility index (Phi) is 5.17. The zero-order valence-electron chi connectivity index (χ0n) is 14.1. The molecule has 0 spiro atoms. The van der Waals surface area contributed by atoms with Gasteiger partial charge < -0.3 is 14.2 Å². The highest BCUT2D eigenvalue weighted by molar-refractivity contribution is 5.95. The Balaban J connectivity index is 1.58. The van der Waals surface area contributed by atoms with Crippen molar-refractivity contribution in [3.63, 3.8) is 0 Å². The van der Waals surface area contributed by atoms with E-state index in [-0.39, 0.29) is 13.2 Å². The number of hydrogen-bond acceptors (Lipinski definition) is 6. The first kappa shape index (κ1) is 17.5. The van der Waals surface area contributed by atoms with Crippen molar-refractivity contribution < 1.29 is 28.6 Å². The van der Waals surface area contributed by atoms with Gasteiger partial charge in [-0.2, -0.15) is 0 Å². The number of esters is 1. The van der Waals surface area contributed by atoms with Crippen molar-refractivity contribution in [3.05, 3.63) is 48.0 Å². The molecule has 7 nitrogen and oxygen atoms in total. The number of benzene rings is 2. The minimum Gasteiger partial charge on any atom is -0.497 e. The molecule has 1 fully saturated rings. The molecule has 0 aliphatic carbocycles. The fourth-order valence-corrected chi connectivity index (χ4v) is 2.52. The summed E-state index contributed by atoms with van der Waals surface area (Å²) in [4.78, 5) is 35.6. The number of rotatable bonds is 5. The molecule has 26 heavy (non-hydrogen) atoms. The molecule has 134 valence electrons. The molecule has 1 aliphatic rings. The second-order valence-corrected chi connectivity index (χ2v) is 5.57. The average molecular weight is 355 g/mol. The maximum absolute atomic E-state index is 11.8. The van der Waals surface area contributed by atoms with E-state index in [2.05, 4.69) is 4.74 Å². The summed E-state index contributed by atoms with van der Waals surface area (Å²) in [7, 11) is 1.61. The number of fused-ring (bicyclic) bond motifs is 1. The molecule has 0 bridgehead atoms. The molecule has 0 saturated carbocycles. The number of cyclic esters (lactones) is 1. The van der Waals surface area contributed by atoms with Crippen molar-refractivity contribution in [2.24, 2.45) is 0 Å². The minimum atomic E-state index is -0.714. The molecule has 1 aliphatic heterocycles. The molecule has 2 aromatic rings. The lowest BCUT2D eigenvalue weighted by Gasteiger charge is -2.09. The Morgan fingerprint density at radius 3 is 2.69 bits per heavy atom. The number of nitrogens with zero attached hydrogens (tertiary/aromatic N) is 1. The number of hydrogen-bond donors (Lipinski definition) is 0. The van der Waals surface area contributed by atoms with Gasteiger partial charge in [0, 0.05) is 6.08 Å². The third-order valence-electron chi connectivity index (χ3n) is 3.88. The Morgan fingerprint density at radius 2 is 1.96 bits per heavy atom. The van der Waals surface area contributed by atoms with E-state index < -0.39 is 24.6 Å². The molecule has 0 atom stereocenters. The van der Waals surface area contributed by atoms with E-state index in [4.69, 9.17) is 9.47 Å². The van der Waals surface area contributed by atoms with Gasteiger partial charge in [0.25, 0.3) is 5.91 Å². The number of carbonyl (C=O) groups excluding carboxylic acids is 3. The van der Waals surface area contributed by atoms with Gasteiger partial charge in [0.05, 0.1) is 13.7 Å². The van der Waals surface area contributed by atoms with Crippen molar-refractivity contribution in [2.45, 2.75) is 0 Å². The summed E-state index contributed by atoms with van der Waals surface area (Å²) >= 11 is 0. The lowest BCUT2D eigenvalue weighted by atomic mass is 10.1. The maximum Gasteiger partial charge on any atom is 0.416 e. The first-order valence-electron chi connectivity index (χ1n) is 7.96. The van der Waals surface area contributed by atoms with Crippen LogP contribution in [0.2, 0.25) is 0 Å².